The Morgan fingerprint density at radius 1 is 1.43 bits per heavy atom. The number of halogens is 1. The van der Waals surface area contributed by atoms with E-state index < -0.39 is 0 Å². The molecule has 2 heterocycles. The lowest BCUT2D eigenvalue weighted by Crippen LogP contribution is -2.40. The van der Waals surface area contributed by atoms with Crippen molar-refractivity contribution in [2.45, 2.75) is 19.8 Å². The Balaban J connectivity index is 1.97. The molecule has 21 heavy (non-hydrogen) atoms. The average Bonchev–Trinajstić information content (AvgIpc) is 2.53. The number of para-hydroxylation sites is 1. The first-order valence-corrected chi connectivity index (χ1v) is 8.53. The second-order valence-corrected chi connectivity index (χ2v) is 6.39. The molecule has 0 N–H and O–H groups in total. The molecule has 0 bridgehead atoms. The van der Waals surface area contributed by atoms with E-state index >= 15 is 0 Å². The van der Waals surface area contributed by atoms with E-state index in [1.165, 1.54) is 6.42 Å². The van der Waals surface area contributed by atoms with Gasteiger partial charge >= 0.3 is 0 Å². The highest BCUT2D eigenvalue weighted by molar-refractivity contribution is 9.09. The summed E-state index contributed by atoms with van der Waals surface area (Å²) in [5, 5.41) is 1.92. The second-order valence-electron chi connectivity index (χ2n) is 5.74. The van der Waals surface area contributed by atoms with Gasteiger partial charge in [0.2, 0.25) is 0 Å². The van der Waals surface area contributed by atoms with Crippen molar-refractivity contribution in [2.75, 3.05) is 18.4 Å². The third-order valence-electron chi connectivity index (χ3n) is 4.10. The minimum atomic E-state index is 0.141. The Kier molecular flexibility index (Phi) is 4.24. The van der Waals surface area contributed by atoms with Crippen molar-refractivity contribution in [1.82, 2.24) is 9.88 Å². The number of carbonyl (C=O) groups excluding carboxylic acids is 1. The maximum Gasteiger partial charge on any atom is 0.254 e. The van der Waals surface area contributed by atoms with Crippen LogP contribution >= 0.6 is 15.9 Å². The molecule has 110 valence electrons. The normalized spacial score (nSPS) is 19.0. The van der Waals surface area contributed by atoms with Gasteiger partial charge in [-0.1, -0.05) is 34.1 Å². The molecule has 2 aromatic rings. The van der Waals surface area contributed by atoms with Crippen LogP contribution in [-0.4, -0.2) is 34.2 Å². The minimum absolute atomic E-state index is 0.141. The Bertz CT molecular complexity index is 671. The molecule has 3 nitrogen and oxygen atoms in total. The van der Waals surface area contributed by atoms with Crippen molar-refractivity contribution in [1.29, 1.82) is 0 Å². The lowest BCUT2D eigenvalue weighted by molar-refractivity contribution is 0.0688. The van der Waals surface area contributed by atoms with E-state index in [1.807, 2.05) is 42.2 Å². The molecule has 0 radical (unpaired) electrons. The first-order chi connectivity index (χ1) is 10.2. The predicted molar refractivity (Wildman–Crippen MR) is 88.9 cm³/mol. The molecule has 1 aromatic heterocycles. The number of rotatable bonds is 2. The van der Waals surface area contributed by atoms with Crippen LogP contribution in [0.4, 0.5) is 0 Å². The molecular formula is C17H19BrN2O. The van der Waals surface area contributed by atoms with Crippen molar-refractivity contribution >= 4 is 32.7 Å². The molecule has 1 unspecified atom stereocenters. The molecule has 0 saturated carbocycles. The van der Waals surface area contributed by atoms with Gasteiger partial charge in [0.1, 0.15) is 0 Å². The molecular weight excluding hydrogens is 328 g/mol. The van der Waals surface area contributed by atoms with Gasteiger partial charge in [0, 0.05) is 29.5 Å². The summed E-state index contributed by atoms with van der Waals surface area (Å²) in [6, 6.07) is 9.80. The fourth-order valence-corrected chi connectivity index (χ4v) is 3.56. The Labute approximate surface area is 133 Å². The highest BCUT2D eigenvalue weighted by Crippen LogP contribution is 2.24. The van der Waals surface area contributed by atoms with E-state index in [4.69, 9.17) is 0 Å². The lowest BCUT2D eigenvalue weighted by atomic mass is 9.98. The zero-order chi connectivity index (χ0) is 14.8. The van der Waals surface area contributed by atoms with Crippen molar-refractivity contribution in [3.8, 4) is 0 Å². The SMILES string of the molecule is Cc1cc(C(=O)N2CCCC(CBr)C2)c2ccccc2n1. The number of aryl methyl sites for hydroxylation is 1. The number of benzene rings is 1. The molecule has 0 spiro atoms. The number of alkyl halides is 1. The topological polar surface area (TPSA) is 33.2 Å². The molecule has 1 aliphatic rings. The van der Waals surface area contributed by atoms with Crippen LogP contribution in [0.5, 0.6) is 0 Å². The van der Waals surface area contributed by atoms with Gasteiger partial charge in [0.05, 0.1) is 11.1 Å². The number of amides is 1. The molecule has 1 aromatic carbocycles. The van der Waals surface area contributed by atoms with E-state index in [1.54, 1.807) is 0 Å². The Morgan fingerprint density at radius 3 is 3.05 bits per heavy atom. The summed E-state index contributed by atoms with van der Waals surface area (Å²) in [6.45, 7) is 3.65. The highest BCUT2D eigenvalue weighted by Gasteiger charge is 2.25. The Morgan fingerprint density at radius 2 is 2.24 bits per heavy atom. The van der Waals surface area contributed by atoms with Crippen LogP contribution in [0.25, 0.3) is 10.9 Å². The summed E-state index contributed by atoms with van der Waals surface area (Å²) in [6.07, 6.45) is 2.29. The first-order valence-electron chi connectivity index (χ1n) is 7.40. The van der Waals surface area contributed by atoms with Crippen molar-refractivity contribution in [3.63, 3.8) is 0 Å². The van der Waals surface area contributed by atoms with E-state index in [0.717, 1.165) is 47.0 Å². The van der Waals surface area contributed by atoms with E-state index in [9.17, 15) is 4.79 Å². The summed E-state index contributed by atoms with van der Waals surface area (Å²) < 4.78 is 0. The lowest BCUT2D eigenvalue weighted by Gasteiger charge is -2.32. The number of aromatic nitrogens is 1. The van der Waals surface area contributed by atoms with Crippen LogP contribution in [-0.2, 0) is 0 Å². The van der Waals surface area contributed by atoms with Gasteiger partial charge in [-0.15, -0.1) is 0 Å². The molecule has 1 amide bonds. The third-order valence-corrected chi connectivity index (χ3v) is 5.01. The average molecular weight is 347 g/mol. The fourth-order valence-electron chi connectivity index (χ4n) is 3.03. The van der Waals surface area contributed by atoms with Gasteiger partial charge in [-0.05, 0) is 37.8 Å². The number of likely N-dealkylation sites (tertiary alicyclic amines) is 1. The highest BCUT2D eigenvalue weighted by atomic mass is 79.9. The van der Waals surface area contributed by atoms with E-state index in [0.29, 0.717) is 5.92 Å². The molecule has 1 aliphatic heterocycles. The molecule has 1 saturated heterocycles. The minimum Gasteiger partial charge on any atom is -0.338 e. The number of pyridine rings is 1. The summed E-state index contributed by atoms with van der Waals surface area (Å²) in [7, 11) is 0. The third kappa shape index (κ3) is 2.95. The summed E-state index contributed by atoms with van der Waals surface area (Å²) >= 11 is 3.55. The molecule has 4 heteroatoms. The number of hydrogen-bond acceptors (Lipinski definition) is 2. The van der Waals surface area contributed by atoms with Crippen LogP contribution in [0.15, 0.2) is 30.3 Å². The van der Waals surface area contributed by atoms with Crippen LogP contribution in [0, 0.1) is 12.8 Å². The molecule has 1 atom stereocenters. The predicted octanol–water partition coefficient (Wildman–Crippen LogP) is 3.79. The van der Waals surface area contributed by atoms with E-state index in [-0.39, 0.29) is 5.91 Å². The zero-order valence-corrected chi connectivity index (χ0v) is 13.8. The number of carbonyl (C=O) groups is 1. The maximum atomic E-state index is 12.9. The quantitative estimate of drug-likeness (QED) is 0.775. The van der Waals surface area contributed by atoms with Gasteiger partial charge in [0.15, 0.2) is 0 Å². The maximum absolute atomic E-state index is 12.9. The van der Waals surface area contributed by atoms with Crippen LogP contribution < -0.4 is 0 Å². The number of piperidine rings is 1. The Hall–Kier alpha value is -1.42. The van der Waals surface area contributed by atoms with Gasteiger partial charge in [0.25, 0.3) is 5.91 Å². The van der Waals surface area contributed by atoms with E-state index in [2.05, 4.69) is 20.9 Å². The van der Waals surface area contributed by atoms with Crippen molar-refractivity contribution in [3.05, 3.63) is 41.6 Å². The van der Waals surface area contributed by atoms with Crippen LogP contribution in [0.3, 0.4) is 0 Å². The largest absolute Gasteiger partial charge is 0.338 e. The number of nitrogens with zero attached hydrogens (tertiary/aromatic N) is 2. The van der Waals surface area contributed by atoms with Crippen LogP contribution in [0.1, 0.15) is 28.9 Å². The summed E-state index contributed by atoms with van der Waals surface area (Å²) in [4.78, 5) is 19.4. The number of fused-ring (bicyclic) bond motifs is 1. The van der Waals surface area contributed by atoms with Gasteiger partial charge in [-0.25, -0.2) is 0 Å². The van der Waals surface area contributed by atoms with Crippen molar-refractivity contribution < 1.29 is 4.79 Å². The molecule has 3 rings (SSSR count). The van der Waals surface area contributed by atoms with Crippen molar-refractivity contribution in [2.24, 2.45) is 5.92 Å². The monoisotopic (exact) mass is 346 g/mol. The van der Waals surface area contributed by atoms with Crippen LogP contribution in [0.2, 0.25) is 0 Å². The molecule has 0 aliphatic carbocycles. The second kappa shape index (κ2) is 6.14. The fraction of sp³-hybridized carbons (Fsp3) is 0.412. The number of hydrogen-bond donors (Lipinski definition) is 0. The first kappa shape index (κ1) is 14.5. The standard InChI is InChI=1S/C17H19BrN2O/c1-12-9-15(14-6-2-3-7-16(14)19-12)17(21)20-8-4-5-13(10-18)11-20/h2-3,6-7,9,13H,4-5,8,10-11H2,1H3. The van der Waals surface area contributed by atoms with Gasteiger partial charge in [-0.3, -0.25) is 9.78 Å². The zero-order valence-electron chi connectivity index (χ0n) is 12.2. The summed E-state index contributed by atoms with van der Waals surface area (Å²) in [5.41, 5.74) is 2.58. The van der Waals surface area contributed by atoms with Gasteiger partial charge < -0.3 is 4.90 Å². The summed E-state index contributed by atoms with van der Waals surface area (Å²) in [5.74, 6) is 0.708. The molecule has 1 fully saturated rings. The van der Waals surface area contributed by atoms with Gasteiger partial charge in [-0.2, -0.15) is 0 Å². The smallest absolute Gasteiger partial charge is 0.254 e.